The molecule has 110 valence electrons. The van der Waals surface area contributed by atoms with Crippen LogP contribution in [0.2, 0.25) is 0 Å². The van der Waals surface area contributed by atoms with Crippen molar-refractivity contribution in [2.75, 3.05) is 20.2 Å². The molecular formula is C16H24N2O2. The van der Waals surface area contributed by atoms with Gasteiger partial charge in [0.1, 0.15) is 5.75 Å². The van der Waals surface area contributed by atoms with Gasteiger partial charge in [0, 0.05) is 19.6 Å². The standard InChI is InChI=1S/C16H24N2O2/c1-5-18-15(12(2)3)11-17(16(18)19)10-13-6-8-14(20-4)9-7-13/h6-9,12,15H,5,10-11H2,1-4H3. The van der Waals surface area contributed by atoms with Crippen LogP contribution in [0, 0.1) is 5.92 Å². The number of amides is 2. The Hall–Kier alpha value is -1.71. The van der Waals surface area contributed by atoms with Crippen LogP contribution in [0.15, 0.2) is 24.3 Å². The molecule has 2 amide bonds. The van der Waals surface area contributed by atoms with E-state index >= 15 is 0 Å². The minimum absolute atomic E-state index is 0.155. The van der Waals surface area contributed by atoms with E-state index in [9.17, 15) is 4.79 Å². The molecule has 0 bridgehead atoms. The van der Waals surface area contributed by atoms with Gasteiger partial charge in [-0.2, -0.15) is 0 Å². The lowest BCUT2D eigenvalue weighted by molar-refractivity contribution is 0.182. The van der Waals surface area contributed by atoms with Crippen molar-refractivity contribution in [2.45, 2.75) is 33.4 Å². The highest BCUT2D eigenvalue weighted by atomic mass is 16.5. The molecule has 1 aromatic carbocycles. The van der Waals surface area contributed by atoms with Gasteiger partial charge < -0.3 is 14.5 Å². The maximum Gasteiger partial charge on any atom is 0.320 e. The average Bonchev–Trinajstić information content (AvgIpc) is 2.76. The van der Waals surface area contributed by atoms with Crippen molar-refractivity contribution < 1.29 is 9.53 Å². The topological polar surface area (TPSA) is 32.8 Å². The third-order valence-corrected chi connectivity index (χ3v) is 3.97. The molecule has 0 aromatic heterocycles. The largest absolute Gasteiger partial charge is 0.497 e. The number of rotatable bonds is 5. The zero-order valence-corrected chi connectivity index (χ0v) is 12.8. The van der Waals surface area contributed by atoms with Crippen molar-refractivity contribution >= 4 is 6.03 Å². The van der Waals surface area contributed by atoms with Crippen molar-refractivity contribution in [1.29, 1.82) is 0 Å². The number of hydrogen-bond donors (Lipinski definition) is 0. The quantitative estimate of drug-likeness (QED) is 0.828. The minimum atomic E-state index is 0.155. The van der Waals surface area contributed by atoms with Crippen LogP contribution in [0.1, 0.15) is 26.3 Å². The van der Waals surface area contributed by atoms with Gasteiger partial charge in [0.05, 0.1) is 13.2 Å². The molecule has 1 aromatic rings. The number of nitrogens with zero attached hydrogens (tertiary/aromatic N) is 2. The summed E-state index contributed by atoms with van der Waals surface area (Å²) in [5, 5.41) is 0. The van der Waals surface area contributed by atoms with Gasteiger partial charge in [-0.1, -0.05) is 26.0 Å². The third-order valence-electron chi connectivity index (χ3n) is 3.97. The highest BCUT2D eigenvalue weighted by Crippen LogP contribution is 2.24. The summed E-state index contributed by atoms with van der Waals surface area (Å²) >= 11 is 0. The summed E-state index contributed by atoms with van der Waals surface area (Å²) < 4.78 is 5.15. The molecule has 20 heavy (non-hydrogen) atoms. The highest BCUT2D eigenvalue weighted by Gasteiger charge is 2.37. The first kappa shape index (κ1) is 14.7. The molecule has 4 heteroatoms. The molecule has 0 radical (unpaired) electrons. The Morgan fingerprint density at radius 2 is 1.95 bits per heavy atom. The van der Waals surface area contributed by atoms with Crippen molar-refractivity contribution in [3.05, 3.63) is 29.8 Å². The van der Waals surface area contributed by atoms with Gasteiger partial charge in [-0.05, 0) is 30.5 Å². The fourth-order valence-corrected chi connectivity index (χ4v) is 2.75. The van der Waals surface area contributed by atoms with Gasteiger partial charge in [0.25, 0.3) is 0 Å². The molecule has 0 spiro atoms. The molecule has 0 saturated carbocycles. The van der Waals surface area contributed by atoms with Crippen molar-refractivity contribution in [1.82, 2.24) is 9.80 Å². The molecule has 1 aliphatic heterocycles. The Morgan fingerprint density at radius 3 is 2.40 bits per heavy atom. The van der Waals surface area contributed by atoms with E-state index in [4.69, 9.17) is 4.74 Å². The maximum atomic E-state index is 12.4. The van der Waals surface area contributed by atoms with Gasteiger partial charge in [0.2, 0.25) is 0 Å². The first-order valence-corrected chi connectivity index (χ1v) is 7.25. The Balaban J connectivity index is 2.07. The molecule has 0 aliphatic carbocycles. The second-order valence-electron chi connectivity index (χ2n) is 5.61. The van der Waals surface area contributed by atoms with Crippen LogP contribution < -0.4 is 4.74 Å². The lowest BCUT2D eigenvalue weighted by atomic mass is 10.0. The van der Waals surface area contributed by atoms with Crippen LogP contribution in [-0.4, -0.2) is 42.1 Å². The van der Waals surface area contributed by atoms with Crippen molar-refractivity contribution in [2.24, 2.45) is 5.92 Å². The van der Waals surface area contributed by atoms with Crippen LogP contribution in [-0.2, 0) is 6.54 Å². The second-order valence-corrected chi connectivity index (χ2v) is 5.61. The SMILES string of the molecule is CCN1C(=O)N(Cc2ccc(OC)cc2)CC1C(C)C. The molecule has 1 aliphatic rings. The lowest BCUT2D eigenvalue weighted by Crippen LogP contribution is -2.37. The number of likely N-dealkylation sites (N-methyl/N-ethyl adjacent to an activating group) is 1. The maximum absolute atomic E-state index is 12.4. The van der Waals surface area contributed by atoms with Crippen LogP contribution in [0.3, 0.4) is 0 Å². The molecule has 1 unspecified atom stereocenters. The Bertz CT molecular complexity index is 456. The van der Waals surface area contributed by atoms with E-state index in [-0.39, 0.29) is 6.03 Å². The summed E-state index contributed by atoms with van der Waals surface area (Å²) in [7, 11) is 1.66. The number of methoxy groups -OCH3 is 1. The summed E-state index contributed by atoms with van der Waals surface area (Å²) in [6, 6.07) is 8.39. The Labute approximate surface area is 121 Å². The van der Waals surface area contributed by atoms with E-state index in [1.54, 1.807) is 7.11 Å². The normalized spacial score (nSPS) is 19.1. The van der Waals surface area contributed by atoms with E-state index in [0.29, 0.717) is 18.5 Å². The summed E-state index contributed by atoms with van der Waals surface area (Å²) in [5.74, 6) is 1.33. The second kappa shape index (κ2) is 6.16. The number of benzene rings is 1. The highest BCUT2D eigenvalue weighted by molar-refractivity contribution is 5.77. The third kappa shape index (κ3) is 2.89. The van der Waals surface area contributed by atoms with E-state index in [1.165, 1.54) is 0 Å². The fourth-order valence-electron chi connectivity index (χ4n) is 2.75. The fraction of sp³-hybridized carbons (Fsp3) is 0.562. The molecule has 1 atom stereocenters. The van der Waals surface area contributed by atoms with Crippen LogP contribution >= 0.6 is 0 Å². The predicted octanol–water partition coefficient (Wildman–Crippen LogP) is 2.98. The first-order valence-electron chi connectivity index (χ1n) is 7.25. The summed E-state index contributed by atoms with van der Waals surface area (Å²) in [6.45, 7) is 8.67. The van der Waals surface area contributed by atoms with E-state index < -0.39 is 0 Å². The molecule has 1 saturated heterocycles. The molecule has 1 fully saturated rings. The summed E-state index contributed by atoms with van der Waals surface area (Å²) in [6.07, 6.45) is 0. The first-order chi connectivity index (χ1) is 9.56. The zero-order chi connectivity index (χ0) is 14.7. The molecule has 0 N–H and O–H groups in total. The van der Waals surface area contributed by atoms with Gasteiger partial charge in [0.15, 0.2) is 0 Å². The van der Waals surface area contributed by atoms with Gasteiger partial charge in [-0.3, -0.25) is 0 Å². The number of carbonyl (C=O) groups excluding carboxylic acids is 1. The van der Waals surface area contributed by atoms with E-state index in [1.807, 2.05) is 41.0 Å². The van der Waals surface area contributed by atoms with Gasteiger partial charge in [-0.15, -0.1) is 0 Å². The van der Waals surface area contributed by atoms with Crippen LogP contribution in [0.5, 0.6) is 5.75 Å². The molecule has 1 heterocycles. The van der Waals surface area contributed by atoms with E-state index in [0.717, 1.165) is 24.4 Å². The minimum Gasteiger partial charge on any atom is -0.497 e. The summed E-state index contributed by atoms with van der Waals surface area (Å²) in [4.78, 5) is 16.3. The smallest absolute Gasteiger partial charge is 0.320 e. The van der Waals surface area contributed by atoms with Crippen molar-refractivity contribution in [3.8, 4) is 5.75 Å². The summed E-state index contributed by atoms with van der Waals surface area (Å²) in [5.41, 5.74) is 1.14. The van der Waals surface area contributed by atoms with Gasteiger partial charge >= 0.3 is 6.03 Å². The molecule has 4 nitrogen and oxygen atoms in total. The average molecular weight is 276 g/mol. The Morgan fingerprint density at radius 1 is 1.30 bits per heavy atom. The van der Waals surface area contributed by atoms with Gasteiger partial charge in [-0.25, -0.2) is 4.79 Å². The number of carbonyl (C=O) groups is 1. The van der Waals surface area contributed by atoms with E-state index in [2.05, 4.69) is 13.8 Å². The number of ether oxygens (including phenoxy) is 1. The van der Waals surface area contributed by atoms with Crippen LogP contribution in [0.25, 0.3) is 0 Å². The predicted molar refractivity (Wildman–Crippen MR) is 79.8 cm³/mol. The lowest BCUT2D eigenvalue weighted by Gasteiger charge is -2.24. The van der Waals surface area contributed by atoms with Crippen molar-refractivity contribution in [3.63, 3.8) is 0 Å². The Kier molecular flexibility index (Phi) is 4.53. The number of urea groups is 1. The number of hydrogen-bond acceptors (Lipinski definition) is 2. The molecule has 2 rings (SSSR count). The zero-order valence-electron chi connectivity index (χ0n) is 12.8. The molecular weight excluding hydrogens is 252 g/mol. The van der Waals surface area contributed by atoms with Crippen LogP contribution in [0.4, 0.5) is 4.79 Å². The monoisotopic (exact) mass is 276 g/mol.